The highest BCUT2D eigenvalue weighted by Crippen LogP contribution is 2.41. The molecule has 0 spiro atoms. The molecule has 4 rings (SSSR count). The smallest absolute Gasteiger partial charge is 0.181 e. The Bertz CT molecular complexity index is 926. The molecule has 6 heteroatoms. The Morgan fingerprint density at radius 3 is 2.57 bits per heavy atom. The summed E-state index contributed by atoms with van der Waals surface area (Å²) >= 11 is 0. The molecule has 2 aromatic carbocycles. The van der Waals surface area contributed by atoms with Crippen molar-refractivity contribution in [2.75, 3.05) is 12.4 Å². The highest BCUT2D eigenvalue weighted by atomic mass is 16.5. The van der Waals surface area contributed by atoms with Gasteiger partial charge in [-0.15, -0.1) is 5.10 Å². The number of nitrogens with zero attached hydrogens (tertiary/aromatic N) is 4. The van der Waals surface area contributed by atoms with Crippen LogP contribution in [0, 0.1) is 12.8 Å². The number of rotatable bonds is 5. The van der Waals surface area contributed by atoms with E-state index in [-0.39, 0.29) is 5.54 Å². The molecule has 1 aromatic heterocycles. The van der Waals surface area contributed by atoms with Crippen LogP contribution in [-0.2, 0) is 5.54 Å². The van der Waals surface area contributed by atoms with Gasteiger partial charge in [0.2, 0.25) is 0 Å². The Kier molecular flexibility index (Phi) is 5.03. The summed E-state index contributed by atoms with van der Waals surface area (Å²) in [6.45, 7) is 4.42. The first-order chi connectivity index (χ1) is 13.6. The molecule has 1 N–H and O–H groups in total. The van der Waals surface area contributed by atoms with Crippen LogP contribution in [0.4, 0.5) is 5.69 Å². The topological polar surface area (TPSA) is 64.9 Å². The van der Waals surface area contributed by atoms with Crippen molar-refractivity contribution >= 4 is 5.69 Å². The van der Waals surface area contributed by atoms with Crippen LogP contribution in [0.3, 0.4) is 0 Å². The second-order valence-electron chi connectivity index (χ2n) is 7.87. The molecule has 1 saturated carbocycles. The maximum Gasteiger partial charge on any atom is 0.181 e. The SMILES string of the molecule is COc1cccc(-n2nnnc2C2(Nc3ccc(C)cc3)CCC(C)CC2)c1. The summed E-state index contributed by atoms with van der Waals surface area (Å²) < 4.78 is 7.23. The molecule has 0 atom stereocenters. The van der Waals surface area contributed by atoms with E-state index in [1.807, 2.05) is 28.9 Å². The molecule has 28 heavy (non-hydrogen) atoms. The predicted molar refractivity (Wildman–Crippen MR) is 110 cm³/mol. The van der Waals surface area contributed by atoms with Gasteiger partial charge in [0.15, 0.2) is 5.82 Å². The Morgan fingerprint density at radius 2 is 1.86 bits per heavy atom. The first kappa shape index (κ1) is 18.5. The molecular formula is C22H27N5O. The van der Waals surface area contributed by atoms with Gasteiger partial charge in [0.05, 0.1) is 18.3 Å². The zero-order valence-corrected chi connectivity index (χ0v) is 16.7. The molecule has 1 aliphatic rings. The number of hydrogen-bond donors (Lipinski definition) is 1. The molecule has 146 valence electrons. The number of hydrogen-bond acceptors (Lipinski definition) is 5. The van der Waals surface area contributed by atoms with Crippen LogP contribution in [0.15, 0.2) is 48.5 Å². The van der Waals surface area contributed by atoms with Crippen molar-refractivity contribution in [2.45, 2.75) is 45.1 Å². The molecule has 3 aromatic rings. The summed E-state index contributed by atoms with van der Waals surface area (Å²) in [5.41, 5.74) is 2.95. The average Bonchev–Trinajstić information content (AvgIpc) is 3.22. The lowest BCUT2D eigenvalue weighted by atomic mass is 9.76. The third-order valence-electron chi connectivity index (χ3n) is 5.76. The maximum atomic E-state index is 5.39. The van der Waals surface area contributed by atoms with Crippen molar-refractivity contribution in [2.24, 2.45) is 5.92 Å². The molecule has 0 bridgehead atoms. The van der Waals surface area contributed by atoms with E-state index in [2.05, 4.69) is 59.0 Å². The third-order valence-corrected chi connectivity index (χ3v) is 5.76. The third kappa shape index (κ3) is 3.59. The summed E-state index contributed by atoms with van der Waals surface area (Å²) in [5.74, 6) is 2.36. The molecule has 0 saturated heterocycles. The van der Waals surface area contributed by atoms with Crippen LogP contribution < -0.4 is 10.1 Å². The van der Waals surface area contributed by atoms with Crippen molar-refractivity contribution < 1.29 is 4.74 Å². The molecule has 0 aliphatic heterocycles. The van der Waals surface area contributed by atoms with E-state index in [9.17, 15) is 0 Å². The average molecular weight is 377 g/mol. The number of anilines is 1. The quantitative estimate of drug-likeness (QED) is 0.709. The molecular weight excluding hydrogens is 350 g/mol. The number of benzene rings is 2. The van der Waals surface area contributed by atoms with Crippen LogP contribution >= 0.6 is 0 Å². The second kappa shape index (κ2) is 7.62. The standard InChI is InChI=1S/C22H27N5O/c1-16-7-9-18(10-8-16)23-22(13-11-17(2)12-14-22)21-24-25-26-27(21)19-5-4-6-20(15-19)28-3/h4-10,15,17,23H,11-14H2,1-3H3. The molecule has 0 unspecified atom stereocenters. The van der Waals surface area contributed by atoms with Crippen molar-refractivity contribution in [3.63, 3.8) is 0 Å². The normalized spacial score (nSPS) is 22.0. The minimum atomic E-state index is -0.297. The second-order valence-corrected chi connectivity index (χ2v) is 7.87. The zero-order valence-electron chi connectivity index (χ0n) is 16.7. The van der Waals surface area contributed by atoms with Gasteiger partial charge in [0.1, 0.15) is 5.75 Å². The predicted octanol–water partition coefficient (Wildman–Crippen LogP) is 4.50. The van der Waals surface area contributed by atoms with Crippen LogP contribution in [0.1, 0.15) is 44.0 Å². The van der Waals surface area contributed by atoms with Gasteiger partial charge in [-0.25, -0.2) is 0 Å². The van der Waals surface area contributed by atoms with Gasteiger partial charge in [-0.2, -0.15) is 4.68 Å². The van der Waals surface area contributed by atoms with E-state index in [1.165, 1.54) is 5.56 Å². The van der Waals surface area contributed by atoms with E-state index in [0.717, 1.165) is 48.6 Å². The molecule has 1 aliphatic carbocycles. The molecule has 0 radical (unpaired) electrons. The van der Waals surface area contributed by atoms with E-state index in [1.54, 1.807) is 7.11 Å². The van der Waals surface area contributed by atoms with E-state index >= 15 is 0 Å². The number of methoxy groups -OCH3 is 1. The van der Waals surface area contributed by atoms with Gasteiger partial charge >= 0.3 is 0 Å². The molecule has 6 nitrogen and oxygen atoms in total. The monoisotopic (exact) mass is 377 g/mol. The Morgan fingerprint density at radius 1 is 1.11 bits per heavy atom. The lowest BCUT2D eigenvalue weighted by Gasteiger charge is -2.39. The fraction of sp³-hybridized carbons (Fsp3) is 0.409. The summed E-state index contributed by atoms with van der Waals surface area (Å²) in [6, 6.07) is 16.4. The number of nitrogens with one attached hydrogen (secondary N) is 1. The minimum absolute atomic E-state index is 0.297. The van der Waals surface area contributed by atoms with Crippen molar-refractivity contribution in [1.82, 2.24) is 20.2 Å². The Balaban J connectivity index is 1.75. The van der Waals surface area contributed by atoms with Gasteiger partial charge in [-0.05, 0) is 73.2 Å². The summed E-state index contributed by atoms with van der Waals surface area (Å²) in [7, 11) is 1.67. The summed E-state index contributed by atoms with van der Waals surface area (Å²) in [5, 5.41) is 16.6. The number of aryl methyl sites for hydroxylation is 1. The highest BCUT2D eigenvalue weighted by molar-refractivity contribution is 5.49. The van der Waals surface area contributed by atoms with Crippen molar-refractivity contribution in [3.05, 3.63) is 59.9 Å². The fourth-order valence-corrected chi connectivity index (χ4v) is 3.97. The summed E-state index contributed by atoms with van der Waals surface area (Å²) in [6.07, 6.45) is 4.27. The van der Waals surface area contributed by atoms with Crippen LogP contribution in [0.25, 0.3) is 5.69 Å². The Labute approximate surface area is 165 Å². The maximum absolute atomic E-state index is 5.39. The van der Waals surface area contributed by atoms with Crippen LogP contribution in [0.5, 0.6) is 5.75 Å². The fourth-order valence-electron chi connectivity index (χ4n) is 3.97. The number of aromatic nitrogens is 4. The van der Waals surface area contributed by atoms with Gasteiger partial charge in [-0.1, -0.05) is 30.7 Å². The first-order valence-corrected chi connectivity index (χ1v) is 9.88. The van der Waals surface area contributed by atoms with E-state index in [0.29, 0.717) is 5.92 Å². The van der Waals surface area contributed by atoms with Crippen LogP contribution in [-0.4, -0.2) is 27.3 Å². The van der Waals surface area contributed by atoms with E-state index in [4.69, 9.17) is 4.74 Å². The molecule has 1 heterocycles. The van der Waals surface area contributed by atoms with Crippen molar-refractivity contribution in [3.8, 4) is 11.4 Å². The lowest BCUT2D eigenvalue weighted by Crippen LogP contribution is -2.41. The zero-order chi connectivity index (χ0) is 19.6. The van der Waals surface area contributed by atoms with E-state index < -0.39 is 0 Å². The largest absolute Gasteiger partial charge is 0.497 e. The van der Waals surface area contributed by atoms with Gasteiger partial charge in [0.25, 0.3) is 0 Å². The number of tetrazole rings is 1. The molecule has 1 fully saturated rings. The minimum Gasteiger partial charge on any atom is -0.497 e. The number of ether oxygens (including phenoxy) is 1. The summed E-state index contributed by atoms with van der Waals surface area (Å²) in [4.78, 5) is 0. The van der Waals surface area contributed by atoms with Gasteiger partial charge < -0.3 is 10.1 Å². The van der Waals surface area contributed by atoms with Gasteiger partial charge in [0, 0.05) is 11.8 Å². The van der Waals surface area contributed by atoms with Crippen molar-refractivity contribution in [1.29, 1.82) is 0 Å². The lowest BCUT2D eigenvalue weighted by molar-refractivity contribution is 0.255. The molecule has 0 amide bonds. The van der Waals surface area contributed by atoms with Gasteiger partial charge in [-0.3, -0.25) is 0 Å². The first-order valence-electron chi connectivity index (χ1n) is 9.88. The van der Waals surface area contributed by atoms with Crippen LogP contribution in [0.2, 0.25) is 0 Å². The highest BCUT2D eigenvalue weighted by Gasteiger charge is 2.40. The Hall–Kier alpha value is -2.89.